The average Bonchev–Trinajstić information content (AvgIpc) is 2.81. The average molecular weight is 267 g/mol. The van der Waals surface area contributed by atoms with Crippen molar-refractivity contribution in [3.8, 4) is 0 Å². The second-order valence-corrected chi connectivity index (χ2v) is 4.88. The van der Waals surface area contributed by atoms with E-state index in [0.717, 1.165) is 16.3 Å². The Morgan fingerprint density at radius 2 is 2.33 bits per heavy atom. The van der Waals surface area contributed by atoms with Gasteiger partial charge in [0.25, 0.3) is 0 Å². The lowest BCUT2D eigenvalue weighted by Gasteiger charge is -2.05. The monoisotopic (exact) mass is 267 g/mol. The minimum Gasteiger partial charge on any atom is -0.465 e. The van der Waals surface area contributed by atoms with E-state index in [4.69, 9.17) is 4.74 Å². The lowest BCUT2D eigenvalue weighted by atomic mass is 10.3. The fourth-order valence-electron chi connectivity index (χ4n) is 1.87. The van der Waals surface area contributed by atoms with Gasteiger partial charge in [-0.05, 0) is 20.8 Å². The minimum absolute atomic E-state index is 0.224. The van der Waals surface area contributed by atoms with Gasteiger partial charge in [0.15, 0.2) is 4.96 Å². The van der Waals surface area contributed by atoms with Crippen LogP contribution in [0.1, 0.15) is 24.0 Å². The van der Waals surface area contributed by atoms with E-state index in [-0.39, 0.29) is 12.5 Å². The van der Waals surface area contributed by atoms with Crippen LogP contribution in [0.15, 0.2) is 5.38 Å². The molecule has 0 aliphatic rings. The zero-order valence-corrected chi connectivity index (χ0v) is 11.6. The molecule has 5 nitrogen and oxygen atoms in total. The standard InChI is InChI=1S/C12H17N3O2S/c1-4-17-11(16)6-13-5-10-9(3)14-12-15(10)8(2)7-18-12/h7,13H,4-6H2,1-3H3. The molecule has 2 rings (SSSR count). The molecule has 0 aliphatic carbocycles. The Kier molecular flexibility index (Phi) is 3.98. The molecule has 2 heterocycles. The van der Waals surface area contributed by atoms with Crippen LogP contribution in [-0.4, -0.2) is 28.5 Å². The van der Waals surface area contributed by atoms with Crippen molar-refractivity contribution >= 4 is 22.3 Å². The number of carbonyl (C=O) groups is 1. The Hall–Kier alpha value is -1.40. The molecule has 0 spiro atoms. The summed E-state index contributed by atoms with van der Waals surface area (Å²) in [5.41, 5.74) is 3.28. The Labute approximate surface area is 110 Å². The molecule has 0 aliphatic heterocycles. The SMILES string of the molecule is CCOC(=O)CNCc1c(C)nc2scc(C)n12. The van der Waals surface area contributed by atoms with E-state index in [9.17, 15) is 4.79 Å². The van der Waals surface area contributed by atoms with Crippen LogP contribution in [0.3, 0.4) is 0 Å². The van der Waals surface area contributed by atoms with Gasteiger partial charge in [-0.25, -0.2) is 4.98 Å². The van der Waals surface area contributed by atoms with Gasteiger partial charge in [-0.3, -0.25) is 9.20 Å². The number of aromatic nitrogens is 2. The largest absolute Gasteiger partial charge is 0.465 e. The van der Waals surface area contributed by atoms with E-state index < -0.39 is 0 Å². The van der Waals surface area contributed by atoms with Crippen molar-refractivity contribution < 1.29 is 9.53 Å². The molecular weight excluding hydrogens is 250 g/mol. The lowest BCUT2D eigenvalue weighted by Crippen LogP contribution is -2.25. The van der Waals surface area contributed by atoms with Gasteiger partial charge in [0.05, 0.1) is 24.5 Å². The van der Waals surface area contributed by atoms with E-state index in [1.807, 2.05) is 6.92 Å². The summed E-state index contributed by atoms with van der Waals surface area (Å²) in [5, 5.41) is 5.17. The van der Waals surface area contributed by atoms with E-state index >= 15 is 0 Å². The smallest absolute Gasteiger partial charge is 0.319 e. The summed E-state index contributed by atoms with van der Waals surface area (Å²) >= 11 is 1.63. The van der Waals surface area contributed by atoms with Gasteiger partial charge in [0.1, 0.15) is 0 Å². The van der Waals surface area contributed by atoms with Crippen LogP contribution in [0.5, 0.6) is 0 Å². The van der Waals surface area contributed by atoms with Crippen LogP contribution in [-0.2, 0) is 16.1 Å². The number of nitrogens with one attached hydrogen (secondary N) is 1. The van der Waals surface area contributed by atoms with Crippen molar-refractivity contribution in [2.24, 2.45) is 0 Å². The van der Waals surface area contributed by atoms with Crippen molar-refractivity contribution in [2.45, 2.75) is 27.3 Å². The normalized spacial score (nSPS) is 11.1. The van der Waals surface area contributed by atoms with E-state index in [1.165, 1.54) is 5.69 Å². The third-order valence-corrected chi connectivity index (χ3v) is 3.64. The molecule has 0 atom stereocenters. The van der Waals surface area contributed by atoms with Crippen LogP contribution in [0.2, 0.25) is 0 Å². The van der Waals surface area contributed by atoms with Gasteiger partial charge in [-0.15, -0.1) is 11.3 Å². The Morgan fingerprint density at radius 3 is 3.06 bits per heavy atom. The second-order valence-electron chi connectivity index (χ2n) is 4.05. The molecule has 0 amide bonds. The Bertz CT molecular complexity index is 559. The summed E-state index contributed by atoms with van der Waals surface area (Å²) in [7, 11) is 0. The molecular formula is C12H17N3O2S. The predicted octanol–water partition coefficient (Wildman–Crippen LogP) is 1.67. The molecule has 0 unspecified atom stereocenters. The maximum Gasteiger partial charge on any atom is 0.319 e. The fraction of sp³-hybridized carbons (Fsp3) is 0.500. The van der Waals surface area contributed by atoms with Gasteiger partial charge < -0.3 is 10.1 Å². The number of esters is 1. The highest BCUT2D eigenvalue weighted by atomic mass is 32.1. The van der Waals surface area contributed by atoms with Crippen molar-refractivity contribution in [3.63, 3.8) is 0 Å². The molecule has 2 aromatic heterocycles. The predicted molar refractivity (Wildman–Crippen MR) is 70.9 cm³/mol. The van der Waals surface area contributed by atoms with Crippen molar-refractivity contribution in [3.05, 3.63) is 22.5 Å². The molecule has 18 heavy (non-hydrogen) atoms. The molecule has 0 saturated carbocycles. The summed E-state index contributed by atoms with van der Waals surface area (Å²) in [6.45, 7) is 7.10. The molecule has 98 valence electrons. The number of hydrogen-bond donors (Lipinski definition) is 1. The highest BCUT2D eigenvalue weighted by molar-refractivity contribution is 7.15. The van der Waals surface area contributed by atoms with Gasteiger partial charge in [0.2, 0.25) is 0 Å². The highest BCUT2D eigenvalue weighted by Gasteiger charge is 2.12. The van der Waals surface area contributed by atoms with Crippen LogP contribution < -0.4 is 5.32 Å². The van der Waals surface area contributed by atoms with Gasteiger partial charge >= 0.3 is 5.97 Å². The number of aryl methyl sites for hydroxylation is 2. The van der Waals surface area contributed by atoms with E-state index in [2.05, 4.69) is 27.0 Å². The third-order valence-electron chi connectivity index (χ3n) is 2.70. The number of fused-ring (bicyclic) bond motifs is 1. The number of rotatable bonds is 5. The molecule has 0 fully saturated rings. The number of thiazole rings is 1. The van der Waals surface area contributed by atoms with Crippen LogP contribution in [0.4, 0.5) is 0 Å². The zero-order chi connectivity index (χ0) is 13.1. The topological polar surface area (TPSA) is 55.6 Å². The highest BCUT2D eigenvalue weighted by Crippen LogP contribution is 2.20. The van der Waals surface area contributed by atoms with Crippen molar-refractivity contribution in [1.82, 2.24) is 14.7 Å². The minimum atomic E-state index is -0.224. The van der Waals surface area contributed by atoms with Gasteiger partial charge in [0, 0.05) is 17.6 Å². The summed E-state index contributed by atoms with van der Waals surface area (Å²) in [4.78, 5) is 16.7. The van der Waals surface area contributed by atoms with E-state index in [1.54, 1.807) is 18.3 Å². The number of hydrogen-bond acceptors (Lipinski definition) is 5. The lowest BCUT2D eigenvalue weighted by molar-refractivity contribution is -0.142. The number of carbonyl (C=O) groups excluding carboxylic acids is 1. The van der Waals surface area contributed by atoms with Gasteiger partial charge in [-0.2, -0.15) is 0 Å². The second kappa shape index (κ2) is 5.49. The maximum atomic E-state index is 11.2. The molecule has 2 aromatic rings. The first-order valence-electron chi connectivity index (χ1n) is 5.91. The molecule has 0 bridgehead atoms. The molecule has 1 N–H and O–H groups in total. The summed E-state index contributed by atoms with van der Waals surface area (Å²) in [6, 6.07) is 0. The first kappa shape index (κ1) is 13.0. The van der Waals surface area contributed by atoms with Crippen molar-refractivity contribution in [2.75, 3.05) is 13.2 Å². The number of ether oxygens (including phenoxy) is 1. The fourth-order valence-corrected chi connectivity index (χ4v) is 2.80. The number of nitrogens with zero attached hydrogens (tertiary/aromatic N) is 2. The van der Waals surface area contributed by atoms with Gasteiger partial charge in [-0.1, -0.05) is 0 Å². The molecule has 0 radical (unpaired) electrons. The van der Waals surface area contributed by atoms with Crippen LogP contribution >= 0.6 is 11.3 Å². The number of imidazole rings is 1. The Morgan fingerprint density at radius 1 is 1.56 bits per heavy atom. The molecule has 0 aromatic carbocycles. The van der Waals surface area contributed by atoms with Crippen molar-refractivity contribution in [1.29, 1.82) is 0 Å². The molecule has 6 heteroatoms. The zero-order valence-electron chi connectivity index (χ0n) is 10.8. The summed E-state index contributed by atoms with van der Waals surface area (Å²) < 4.78 is 6.99. The Balaban J connectivity index is 2.05. The van der Waals surface area contributed by atoms with Crippen LogP contribution in [0, 0.1) is 13.8 Å². The first-order chi connectivity index (χ1) is 8.63. The maximum absolute atomic E-state index is 11.2. The van der Waals surface area contributed by atoms with Crippen LogP contribution in [0.25, 0.3) is 4.96 Å². The molecule has 0 saturated heterocycles. The first-order valence-corrected chi connectivity index (χ1v) is 6.79. The van der Waals surface area contributed by atoms with E-state index in [0.29, 0.717) is 13.2 Å². The summed E-state index contributed by atoms with van der Waals surface area (Å²) in [5.74, 6) is -0.224. The quantitative estimate of drug-likeness (QED) is 0.837. The summed E-state index contributed by atoms with van der Waals surface area (Å²) in [6.07, 6.45) is 0. The third kappa shape index (κ3) is 2.54.